The maximum Gasteiger partial charge on any atom is 0.233 e. The molecule has 0 aliphatic rings. The van der Waals surface area contributed by atoms with E-state index >= 15 is 0 Å². The third-order valence-electron chi connectivity index (χ3n) is 1.44. The van der Waals surface area contributed by atoms with E-state index in [0.29, 0.717) is 0 Å². The Kier molecular flexibility index (Phi) is 2.66. The number of halogens is 3. The van der Waals surface area contributed by atoms with Crippen LogP contribution in [-0.2, 0) is 5.41 Å². The molecule has 0 bridgehead atoms. The molecule has 13 heavy (non-hydrogen) atoms. The molecule has 1 heterocycles. The first-order chi connectivity index (χ1) is 5.82. The van der Waals surface area contributed by atoms with Crippen LogP contribution in [0.4, 0.5) is 8.78 Å². The zero-order valence-corrected chi connectivity index (χ0v) is 9.11. The van der Waals surface area contributed by atoms with E-state index in [-0.39, 0.29) is 10.3 Å². The van der Waals surface area contributed by atoms with Crippen LogP contribution < -0.4 is 0 Å². The van der Waals surface area contributed by atoms with E-state index in [1.54, 1.807) is 20.8 Å². The Hall–Kier alpha value is -0.580. The molecular formula is C8H9BrF2N2. The molecule has 1 rings (SSSR count). The van der Waals surface area contributed by atoms with E-state index in [2.05, 4.69) is 25.9 Å². The van der Waals surface area contributed by atoms with Crippen molar-refractivity contribution in [2.45, 2.75) is 26.2 Å². The molecule has 0 aromatic carbocycles. The van der Waals surface area contributed by atoms with Gasteiger partial charge in [-0.15, -0.1) is 0 Å². The predicted molar refractivity (Wildman–Crippen MR) is 48.3 cm³/mol. The molecule has 0 saturated heterocycles. The van der Waals surface area contributed by atoms with Crippen LogP contribution in [-0.4, -0.2) is 9.97 Å². The van der Waals surface area contributed by atoms with Crippen molar-refractivity contribution in [3.8, 4) is 0 Å². The van der Waals surface area contributed by atoms with Crippen molar-refractivity contribution in [2.75, 3.05) is 0 Å². The quantitative estimate of drug-likeness (QED) is 0.662. The summed E-state index contributed by atoms with van der Waals surface area (Å²) in [6, 6.07) is 0. The highest BCUT2D eigenvalue weighted by Gasteiger charge is 2.21. The summed E-state index contributed by atoms with van der Waals surface area (Å²) in [6.07, 6.45) is 0. The lowest BCUT2D eigenvalue weighted by molar-refractivity contribution is 0.456. The van der Waals surface area contributed by atoms with Gasteiger partial charge in [0, 0.05) is 5.41 Å². The number of aromatic nitrogens is 2. The lowest BCUT2D eigenvalue weighted by Crippen LogP contribution is -2.18. The predicted octanol–water partition coefficient (Wildman–Crippen LogP) is 2.81. The molecule has 1 aromatic heterocycles. The highest BCUT2D eigenvalue weighted by Crippen LogP contribution is 2.22. The number of rotatable bonds is 0. The van der Waals surface area contributed by atoms with E-state index < -0.39 is 17.3 Å². The van der Waals surface area contributed by atoms with E-state index in [9.17, 15) is 8.78 Å². The molecule has 0 aliphatic carbocycles. The fourth-order valence-corrected chi connectivity index (χ4v) is 0.907. The van der Waals surface area contributed by atoms with Crippen molar-refractivity contribution in [1.29, 1.82) is 0 Å². The summed E-state index contributed by atoms with van der Waals surface area (Å²) < 4.78 is 25.5. The lowest BCUT2D eigenvalue weighted by atomic mass is 9.96. The molecule has 0 aliphatic heterocycles. The Morgan fingerprint density at radius 1 is 1.08 bits per heavy atom. The van der Waals surface area contributed by atoms with Crippen LogP contribution in [0.25, 0.3) is 0 Å². The molecule has 0 fully saturated rings. The summed E-state index contributed by atoms with van der Waals surface area (Å²) >= 11 is 2.70. The van der Waals surface area contributed by atoms with E-state index in [1.165, 1.54) is 0 Å². The zero-order chi connectivity index (χ0) is 10.2. The molecule has 0 amide bonds. The van der Waals surface area contributed by atoms with Gasteiger partial charge in [0.05, 0.1) is 0 Å². The summed E-state index contributed by atoms with van der Waals surface area (Å²) in [5, 5.41) is 0. The zero-order valence-electron chi connectivity index (χ0n) is 7.53. The standard InChI is InChI=1S/C8H9BrF2N2/c1-8(2,3)7-12-5(10)4(9)6(11)13-7/h1-3H3. The average Bonchev–Trinajstić information content (AvgIpc) is 1.97. The molecule has 5 heteroatoms. The normalized spacial score (nSPS) is 11.8. The lowest BCUT2D eigenvalue weighted by Gasteiger charge is -2.16. The Labute approximate surface area is 83.5 Å². The first kappa shape index (κ1) is 10.5. The van der Waals surface area contributed by atoms with E-state index in [1.807, 2.05) is 0 Å². The van der Waals surface area contributed by atoms with Gasteiger partial charge in [-0.1, -0.05) is 20.8 Å². The largest absolute Gasteiger partial charge is 0.233 e. The Morgan fingerprint density at radius 3 is 1.77 bits per heavy atom. The van der Waals surface area contributed by atoms with Crippen LogP contribution in [0.5, 0.6) is 0 Å². The fraction of sp³-hybridized carbons (Fsp3) is 0.500. The summed E-state index contributed by atoms with van der Waals surface area (Å²) in [6.45, 7) is 5.36. The summed E-state index contributed by atoms with van der Waals surface area (Å²) in [5.74, 6) is -1.57. The second kappa shape index (κ2) is 3.29. The van der Waals surface area contributed by atoms with Crippen molar-refractivity contribution in [3.63, 3.8) is 0 Å². The minimum Gasteiger partial charge on any atom is -0.203 e. The molecule has 0 saturated carbocycles. The molecular weight excluding hydrogens is 242 g/mol. The van der Waals surface area contributed by atoms with Gasteiger partial charge >= 0.3 is 0 Å². The van der Waals surface area contributed by atoms with Crippen LogP contribution in [0.2, 0.25) is 0 Å². The fourth-order valence-electron chi connectivity index (χ4n) is 0.730. The second-order valence-corrected chi connectivity index (χ2v) is 4.49. The van der Waals surface area contributed by atoms with Crippen LogP contribution in [0.15, 0.2) is 4.47 Å². The summed E-state index contributed by atoms with van der Waals surface area (Å²) in [4.78, 5) is 7.08. The number of hydrogen-bond donors (Lipinski definition) is 0. The van der Waals surface area contributed by atoms with Crippen LogP contribution in [0, 0.1) is 11.9 Å². The van der Waals surface area contributed by atoms with Crippen LogP contribution in [0.3, 0.4) is 0 Å². The van der Waals surface area contributed by atoms with Gasteiger partial charge in [0.25, 0.3) is 0 Å². The molecule has 0 atom stereocenters. The third-order valence-corrected chi connectivity index (χ3v) is 2.10. The number of nitrogens with zero attached hydrogens (tertiary/aromatic N) is 2. The molecule has 0 spiro atoms. The van der Waals surface area contributed by atoms with Gasteiger partial charge in [0.1, 0.15) is 10.3 Å². The van der Waals surface area contributed by atoms with Gasteiger partial charge in [-0.25, -0.2) is 9.97 Å². The minimum absolute atomic E-state index is 0.158. The van der Waals surface area contributed by atoms with Gasteiger partial charge in [-0.3, -0.25) is 0 Å². The molecule has 0 radical (unpaired) electrons. The van der Waals surface area contributed by atoms with Crippen LogP contribution >= 0.6 is 15.9 Å². The maximum atomic E-state index is 12.9. The average molecular weight is 251 g/mol. The van der Waals surface area contributed by atoms with Gasteiger partial charge in [-0.05, 0) is 15.9 Å². The Bertz CT molecular complexity index is 310. The van der Waals surface area contributed by atoms with Crippen molar-refractivity contribution < 1.29 is 8.78 Å². The topological polar surface area (TPSA) is 25.8 Å². The number of hydrogen-bond acceptors (Lipinski definition) is 2. The Morgan fingerprint density at radius 2 is 1.46 bits per heavy atom. The van der Waals surface area contributed by atoms with Crippen LogP contribution in [0.1, 0.15) is 26.6 Å². The smallest absolute Gasteiger partial charge is 0.203 e. The Balaban J connectivity index is 3.29. The first-order valence-electron chi connectivity index (χ1n) is 3.71. The van der Waals surface area contributed by atoms with Crippen molar-refractivity contribution >= 4 is 15.9 Å². The maximum absolute atomic E-state index is 12.9. The minimum atomic E-state index is -0.863. The summed E-state index contributed by atoms with van der Waals surface area (Å²) in [7, 11) is 0. The van der Waals surface area contributed by atoms with Crippen molar-refractivity contribution in [1.82, 2.24) is 9.97 Å². The highest BCUT2D eigenvalue weighted by atomic mass is 79.9. The molecule has 2 nitrogen and oxygen atoms in total. The highest BCUT2D eigenvalue weighted by molar-refractivity contribution is 9.10. The monoisotopic (exact) mass is 250 g/mol. The van der Waals surface area contributed by atoms with Crippen molar-refractivity contribution in [2.24, 2.45) is 0 Å². The molecule has 1 aromatic rings. The first-order valence-corrected chi connectivity index (χ1v) is 4.50. The SMILES string of the molecule is CC(C)(C)c1nc(F)c(Br)c(F)n1. The molecule has 72 valence electrons. The summed E-state index contributed by atoms with van der Waals surface area (Å²) in [5.41, 5.74) is -0.456. The van der Waals surface area contributed by atoms with E-state index in [4.69, 9.17) is 0 Å². The third kappa shape index (κ3) is 2.21. The van der Waals surface area contributed by atoms with Gasteiger partial charge in [-0.2, -0.15) is 8.78 Å². The van der Waals surface area contributed by atoms with Gasteiger partial charge in [0.2, 0.25) is 11.9 Å². The van der Waals surface area contributed by atoms with Crippen molar-refractivity contribution in [3.05, 3.63) is 22.2 Å². The van der Waals surface area contributed by atoms with Gasteiger partial charge in [0.15, 0.2) is 0 Å². The molecule has 0 unspecified atom stereocenters. The molecule has 0 N–H and O–H groups in total. The van der Waals surface area contributed by atoms with Gasteiger partial charge < -0.3 is 0 Å². The second-order valence-electron chi connectivity index (χ2n) is 3.69. The van der Waals surface area contributed by atoms with E-state index in [0.717, 1.165) is 0 Å².